The summed E-state index contributed by atoms with van der Waals surface area (Å²) in [5.74, 6) is 0.807. The molecule has 1 aliphatic heterocycles. The molecule has 19 heavy (non-hydrogen) atoms. The lowest BCUT2D eigenvalue weighted by Crippen LogP contribution is -2.51. The molecule has 4 heteroatoms. The van der Waals surface area contributed by atoms with Crippen molar-refractivity contribution in [2.24, 2.45) is 11.8 Å². The predicted octanol–water partition coefficient (Wildman–Crippen LogP) is 2.76. The van der Waals surface area contributed by atoms with Crippen LogP contribution in [0.4, 0.5) is 0 Å². The largest absolute Gasteiger partial charge is 0.349 e. The first-order chi connectivity index (χ1) is 9.06. The molecule has 1 unspecified atom stereocenters. The van der Waals surface area contributed by atoms with E-state index in [0.29, 0.717) is 5.92 Å². The Morgan fingerprint density at radius 3 is 2.47 bits per heavy atom. The van der Waals surface area contributed by atoms with Crippen LogP contribution < -0.4 is 10.6 Å². The Morgan fingerprint density at radius 2 is 2.00 bits per heavy atom. The van der Waals surface area contributed by atoms with E-state index in [4.69, 9.17) is 11.6 Å². The summed E-state index contributed by atoms with van der Waals surface area (Å²) in [5, 5.41) is 7.01. The molecule has 1 saturated heterocycles. The van der Waals surface area contributed by atoms with E-state index >= 15 is 0 Å². The zero-order valence-electron chi connectivity index (χ0n) is 11.4. The molecule has 0 aromatic heterocycles. The first-order valence-corrected chi connectivity index (χ1v) is 7.20. The van der Waals surface area contributed by atoms with Crippen LogP contribution in [0.15, 0.2) is 24.3 Å². The number of carbonyl (C=O) groups excluding carboxylic acids is 1. The van der Waals surface area contributed by atoms with E-state index in [9.17, 15) is 4.79 Å². The molecule has 1 aromatic rings. The number of halogens is 1. The van der Waals surface area contributed by atoms with Gasteiger partial charge in [-0.05, 0) is 30.0 Å². The van der Waals surface area contributed by atoms with E-state index in [0.717, 1.165) is 30.1 Å². The molecule has 0 saturated carbocycles. The SMILES string of the molecule is CC(C)CC(NC(=O)C1CNC1)c1ccc(Cl)cc1. The molecule has 0 radical (unpaired) electrons. The van der Waals surface area contributed by atoms with Crippen LogP contribution in [0, 0.1) is 11.8 Å². The van der Waals surface area contributed by atoms with Gasteiger partial charge in [0.1, 0.15) is 0 Å². The second-order valence-corrected chi connectivity index (χ2v) is 6.03. The summed E-state index contributed by atoms with van der Waals surface area (Å²) in [7, 11) is 0. The Morgan fingerprint density at radius 1 is 1.37 bits per heavy atom. The summed E-state index contributed by atoms with van der Waals surface area (Å²) in [5.41, 5.74) is 1.12. The van der Waals surface area contributed by atoms with Gasteiger partial charge in [0.25, 0.3) is 0 Å². The van der Waals surface area contributed by atoms with Gasteiger partial charge in [-0.1, -0.05) is 37.6 Å². The lowest BCUT2D eigenvalue weighted by molar-refractivity contribution is -0.127. The van der Waals surface area contributed by atoms with E-state index in [-0.39, 0.29) is 17.9 Å². The molecule has 1 aromatic carbocycles. The summed E-state index contributed by atoms with van der Waals surface area (Å²) in [6, 6.07) is 7.82. The second kappa shape index (κ2) is 6.40. The average molecular weight is 281 g/mol. The highest BCUT2D eigenvalue weighted by atomic mass is 35.5. The van der Waals surface area contributed by atoms with Crippen LogP contribution in [0.2, 0.25) is 5.02 Å². The van der Waals surface area contributed by atoms with Gasteiger partial charge < -0.3 is 10.6 Å². The fraction of sp³-hybridized carbons (Fsp3) is 0.533. The zero-order chi connectivity index (χ0) is 13.8. The van der Waals surface area contributed by atoms with Gasteiger partial charge in [0, 0.05) is 18.1 Å². The third-order valence-corrected chi connectivity index (χ3v) is 3.70. The van der Waals surface area contributed by atoms with E-state index in [2.05, 4.69) is 24.5 Å². The van der Waals surface area contributed by atoms with Crippen molar-refractivity contribution in [3.8, 4) is 0 Å². The van der Waals surface area contributed by atoms with Crippen LogP contribution in [0.5, 0.6) is 0 Å². The van der Waals surface area contributed by atoms with Crippen LogP contribution in [0.3, 0.4) is 0 Å². The quantitative estimate of drug-likeness (QED) is 0.871. The van der Waals surface area contributed by atoms with Crippen molar-refractivity contribution in [1.82, 2.24) is 10.6 Å². The Labute approximate surface area is 119 Å². The first-order valence-electron chi connectivity index (χ1n) is 6.83. The van der Waals surface area contributed by atoms with E-state index in [1.54, 1.807) is 0 Å². The summed E-state index contributed by atoms with van der Waals surface area (Å²) in [6.07, 6.45) is 0.938. The molecule has 0 spiro atoms. The average Bonchev–Trinajstić information content (AvgIpc) is 2.26. The normalized spacial score (nSPS) is 17.1. The van der Waals surface area contributed by atoms with Crippen molar-refractivity contribution in [3.05, 3.63) is 34.9 Å². The molecule has 3 nitrogen and oxygen atoms in total. The molecular formula is C15H21ClN2O. The smallest absolute Gasteiger partial charge is 0.226 e. The van der Waals surface area contributed by atoms with Crippen LogP contribution in [0.25, 0.3) is 0 Å². The molecule has 1 atom stereocenters. The van der Waals surface area contributed by atoms with Gasteiger partial charge in [0.05, 0.1) is 12.0 Å². The topological polar surface area (TPSA) is 41.1 Å². The second-order valence-electron chi connectivity index (χ2n) is 5.60. The van der Waals surface area contributed by atoms with Crippen molar-refractivity contribution < 1.29 is 4.79 Å². The summed E-state index contributed by atoms with van der Waals surface area (Å²) >= 11 is 5.91. The number of rotatable bonds is 5. The molecule has 104 valence electrons. The van der Waals surface area contributed by atoms with Crippen LogP contribution in [-0.2, 0) is 4.79 Å². The van der Waals surface area contributed by atoms with Gasteiger partial charge >= 0.3 is 0 Å². The number of hydrogen-bond acceptors (Lipinski definition) is 2. The maximum Gasteiger partial charge on any atom is 0.226 e. The van der Waals surface area contributed by atoms with E-state index in [1.807, 2.05) is 24.3 Å². The molecule has 2 rings (SSSR count). The highest BCUT2D eigenvalue weighted by Gasteiger charge is 2.27. The van der Waals surface area contributed by atoms with Gasteiger partial charge in [-0.3, -0.25) is 4.79 Å². The maximum absolute atomic E-state index is 12.1. The van der Waals surface area contributed by atoms with Gasteiger partial charge in [-0.15, -0.1) is 0 Å². The minimum Gasteiger partial charge on any atom is -0.349 e. The van der Waals surface area contributed by atoms with Crippen LogP contribution in [-0.4, -0.2) is 19.0 Å². The lowest BCUT2D eigenvalue weighted by Gasteiger charge is -2.29. The number of benzene rings is 1. The standard InChI is InChI=1S/C15H21ClN2O/c1-10(2)7-14(11-3-5-13(16)6-4-11)18-15(19)12-8-17-9-12/h3-6,10,12,14,17H,7-9H2,1-2H3,(H,18,19). The van der Waals surface area contributed by atoms with Crippen molar-refractivity contribution >= 4 is 17.5 Å². The maximum atomic E-state index is 12.1. The van der Waals surface area contributed by atoms with Crippen LogP contribution in [0.1, 0.15) is 31.9 Å². The highest BCUT2D eigenvalue weighted by Crippen LogP contribution is 2.23. The van der Waals surface area contributed by atoms with Crippen molar-refractivity contribution in [3.63, 3.8) is 0 Å². The Hall–Kier alpha value is -1.06. The first kappa shape index (κ1) is 14.4. The number of hydrogen-bond donors (Lipinski definition) is 2. The van der Waals surface area contributed by atoms with Crippen molar-refractivity contribution in [2.75, 3.05) is 13.1 Å². The molecule has 2 N–H and O–H groups in total. The van der Waals surface area contributed by atoms with Crippen molar-refractivity contribution in [1.29, 1.82) is 0 Å². The Balaban J connectivity index is 2.06. The summed E-state index contributed by atoms with van der Waals surface area (Å²) < 4.78 is 0. The lowest BCUT2D eigenvalue weighted by atomic mass is 9.95. The Bertz CT molecular complexity index is 426. The van der Waals surface area contributed by atoms with E-state index in [1.165, 1.54) is 0 Å². The third-order valence-electron chi connectivity index (χ3n) is 3.45. The fourth-order valence-electron chi connectivity index (χ4n) is 2.21. The van der Waals surface area contributed by atoms with Crippen molar-refractivity contribution in [2.45, 2.75) is 26.3 Å². The number of nitrogens with one attached hydrogen (secondary N) is 2. The summed E-state index contributed by atoms with van der Waals surface area (Å²) in [6.45, 7) is 5.92. The Kier molecular flexibility index (Phi) is 4.83. The molecular weight excluding hydrogens is 260 g/mol. The summed E-state index contributed by atoms with van der Waals surface area (Å²) in [4.78, 5) is 12.1. The molecule has 1 aliphatic rings. The molecule has 0 aliphatic carbocycles. The predicted molar refractivity (Wildman–Crippen MR) is 78.2 cm³/mol. The van der Waals surface area contributed by atoms with Gasteiger partial charge in [0.2, 0.25) is 5.91 Å². The fourth-order valence-corrected chi connectivity index (χ4v) is 2.33. The minimum atomic E-state index is 0.0744. The monoisotopic (exact) mass is 280 g/mol. The molecule has 1 amide bonds. The zero-order valence-corrected chi connectivity index (χ0v) is 12.2. The number of carbonyl (C=O) groups is 1. The molecule has 1 fully saturated rings. The van der Waals surface area contributed by atoms with E-state index < -0.39 is 0 Å². The van der Waals surface area contributed by atoms with Crippen LogP contribution >= 0.6 is 11.6 Å². The highest BCUT2D eigenvalue weighted by molar-refractivity contribution is 6.30. The third kappa shape index (κ3) is 3.95. The molecule has 0 bridgehead atoms. The number of amides is 1. The van der Waals surface area contributed by atoms with Gasteiger partial charge in [-0.2, -0.15) is 0 Å². The minimum absolute atomic E-state index is 0.0744. The van der Waals surface area contributed by atoms with Gasteiger partial charge in [-0.25, -0.2) is 0 Å². The van der Waals surface area contributed by atoms with Gasteiger partial charge in [0.15, 0.2) is 0 Å². The molecule has 1 heterocycles.